The number of benzene rings is 2. The zero-order valence-corrected chi connectivity index (χ0v) is 16.5. The Morgan fingerprint density at radius 1 is 1.07 bits per heavy atom. The van der Waals surface area contributed by atoms with Crippen molar-refractivity contribution >= 4 is 22.6 Å². The van der Waals surface area contributed by atoms with E-state index in [0.717, 1.165) is 54.9 Å². The van der Waals surface area contributed by atoms with E-state index in [0.29, 0.717) is 6.42 Å². The number of anilines is 1. The molecule has 1 fully saturated rings. The average Bonchev–Trinajstić information content (AvgIpc) is 3.15. The molecule has 4 rings (SSSR count). The summed E-state index contributed by atoms with van der Waals surface area (Å²) in [5, 5.41) is 1.06. The van der Waals surface area contributed by atoms with Gasteiger partial charge in [-0.05, 0) is 48.4 Å². The summed E-state index contributed by atoms with van der Waals surface area (Å²) in [5.74, 6) is 1.02. The Kier molecular flexibility index (Phi) is 5.24. The summed E-state index contributed by atoms with van der Waals surface area (Å²) < 4.78 is 10.9. The second-order valence-electron chi connectivity index (χ2n) is 7.19. The lowest BCUT2D eigenvalue weighted by Crippen LogP contribution is -2.49. The Morgan fingerprint density at radius 3 is 2.50 bits per heavy atom. The molecular weight excluding hydrogens is 352 g/mol. The molecule has 5 nitrogen and oxygen atoms in total. The van der Waals surface area contributed by atoms with Crippen LogP contribution in [0.4, 0.5) is 5.69 Å². The van der Waals surface area contributed by atoms with Crippen molar-refractivity contribution in [3.05, 3.63) is 59.9 Å². The van der Waals surface area contributed by atoms with Crippen LogP contribution >= 0.6 is 0 Å². The monoisotopic (exact) mass is 378 g/mol. The fourth-order valence-electron chi connectivity index (χ4n) is 3.77. The largest absolute Gasteiger partial charge is 0.497 e. The van der Waals surface area contributed by atoms with E-state index < -0.39 is 0 Å². The summed E-state index contributed by atoms with van der Waals surface area (Å²) in [7, 11) is 1.67. The van der Waals surface area contributed by atoms with E-state index in [1.54, 1.807) is 13.4 Å². The second-order valence-corrected chi connectivity index (χ2v) is 7.19. The van der Waals surface area contributed by atoms with Gasteiger partial charge in [0.25, 0.3) is 0 Å². The van der Waals surface area contributed by atoms with Gasteiger partial charge in [0, 0.05) is 42.8 Å². The zero-order valence-electron chi connectivity index (χ0n) is 16.5. The lowest BCUT2D eigenvalue weighted by atomic mass is 10.1. The predicted molar refractivity (Wildman–Crippen MR) is 111 cm³/mol. The first-order chi connectivity index (χ1) is 13.7. The summed E-state index contributed by atoms with van der Waals surface area (Å²) in [6.07, 6.45) is 3.10. The van der Waals surface area contributed by atoms with Gasteiger partial charge in [-0.3, -0.25) is 4.79 Å². The van der Waals surface area contributed by atoms with E-state index in [4.69, 9.17) is 9.15 Å². The first-order valence-electron chi connectivity index (χ1n) is 9.83. The molecule has 0 spiro atoms. The normalized spacial score (nSPS) is 14.5. The van der Waals surface area contributed by atoms with Gasteiger partial charge in [-0.2, -0.15) is 0 Å². The van der Waals surface area contributed by atoms with E-state index in [2.05, 4.69) is 36.1 Å². The Morgan fingerprint density at radius 2 is 1.82 bits per heavy atom. The molecule has 1 aliphatic heterocycles. The molecule has 0 unspecified atom stereocenters. The number of furan rings is 1. The van der Waals surface area contributed by atoms with E-state index in [-0.39, 0.29) is 5.91 Å². The van der Waals surface area contributed by atoms with Crippen molar-refractivity contribution in [2.75, 3.05) is 38.2 Å². The molecule has 146 valence electrons. The van der Waals surface area contributed by atoms with Gasteiger partial charge in [0.15, 0.2) is 0 Å². The highest BCUT2D eigenvalue weighted by Gasteiger charge is 2.22. The number of carbonyl (C=O) groups is 1. The van der Waals surface area contributed by atoms with Crippen LogP contribution in [0.2, 0.25) is 0 Å². The summed E-state index contributed by atoms with van der Waals surface area (Å²) in [5.41, 5.74) is 4.26. The van der Waals surface area contributed by atoms with Crippen LogP contribution < -0.4 is 9.64 Å². The van der Waals surface area contributed by atoms with Crippen LogP contribution in [0.5, 0.6) is 5.75 Å². The van der Waals surface area contributed by atoms with Crippen molar-refractivity contribution in [1.29, 1.82) is 0 Å². The number of hydrogen-bond acceptors (Lipinski definition) is 4. The molecule has 0 N–H and O–H groups in total. The Bertz CT molecular complexity index is 954. The number of fused-ring (bicyclic) bond motifs is 1. The number of amides is 1. The minimum absolute atomic E-state index is 0.166. The van der Waals surface area contributed by atoms with E-state index in [9.17, 15) is 4.79 Å². The van der Waals surface area contributed by atoms with Crippen LogP contribution in [-0.4, -0.2) is 44.1 Å². The van der Waals surface area contributed by atoms with Gasteiger partial charge < -0.3 is 19.0 Å². The minimum atomic E-state index is 0.166. The molecule has 5 heteroatoms. The Balaban J connectivity index is 1.39. The van der Waals surface area contributed by atoms with Crippen LogP contribution in [-0.2, 0) is 17.6 Å². The number of ether oxygens (including phenoxy) is 1. The van der Waals surface area contributed by atoms with Crippen molar-refractivity contribution in [1.82, 2.24) is 4.90 Å². The number of piperazine rings is 1. The summed E-state index contributed by atoms with van der Waals surface area (Å²) in [6, 6.07) is 14.3. The standard InChI is InChI=1S/C23H26N2O3/c1-3-17-4-9-22-21(14-17)18(16-28-22)15-23(26)25-12-10-24(11-13-25)19-5-7-20(27-2)8-6-19/h4-9,14,16H,3,10-13,15H2,1-2H3. The highest BCUT2D eigenvalue weighted by atomic mass is 16.5. The molecule has 2 aromatic carbocycles. The van der Waals surface area contributed by atoms with E-state index >= 15 is 0 Å². The lowest BCUT2D eigenvalue weighted by molar-refractivity contribution is -0.130. The number of aryl methyl sites for hydroxylation is 1. The van der Waals surface area contributed by atoms with Crippen molar-refractivity contribution in [3.8, 4) is 5.75 Å². The van der Waals surface area contributed by atoms with Crippen molar-refractivity contribution in [2.45, 2.75) is 19.8 Å². The molecule has 3 aromatic rings. The molecule has 1 aromatic heterocycles. The van der Waals surface area contributed by atoms with Gasteiger partial charge in [-0.15, -0.1) is 0 Å². The van der Waals surface area contributed by atoms with E-state index in [1.165, 1.54) is 11.3 Å². The van der Waals surface area contributed by atoms with E-state index in [1.807, 2.05) is 23.1 Å². The molecule has 0 radical (unpaired) electrons. The lowest BCUT2D eigenvalue weighted by Gasteiger charge is -2.36. The molecule has 28 heavy (non-hydrogen) atoms. The predicted octanol–water partition coefficient (Wildman–Crippen LogP) is 3.90. The maximum absolute atomic E-state index is 12.8. The third-order valence-corrected chi connectivity index (χ3v) is 5.54. The summed E-state index contributed by atoms with van der Waals surface area (Å²) in [4.78, 5) is 17.1. The zero-order chi connectivity index (χ0) is 19.5. The van der Waals surface area contributed by atoms with Crippen LogP contribution in [0.1, 0.15) is 18.1 Å². The topological polar surface area (TPSA) is 45.9 Å². The van der Waals surface area contributed by atoms with Crippen LogP contribution in [0.25, 0.3) is 11.0 Å². The Labute approximate surface area is 165 Å². The molecule has 1 saturated heterocycles. The highest BCUT2D eigenvalue weighted by Crippen LogP contribution is 2.25. The maximum Gasteiger partial charge on any atom is 0.227 e. The fourth-order valence-corrected chi connectivity index (χ4v) is 3.77. The Hall–Kier alpha value is -2.95. The second kappa shape index (κ2) is 7.97. The smallest absolute Gasteiger partial charge is 0.227 e. The van der Waals surface area contributed by atoms with Crippen LogP contribution in [0, 0.1) is 0 Å². The quantitative estimate of drug-likeness (QED) is 0.676. The number of hydrogen-bond donors (Lipinski definition) is 0. The third kappa shape index (κ3) is 3.70. The number of nitrogens with zero attached hydrogens (tertiary/aromatic N) is 2. The first kappa shape index (κ1) is 18.4. The summed E-state index contributed by atoms with van der Waals surface area (Å²) >= 11 is 0. The maximum atomic E-state index is 12.8. The first-order valence-corrected chi connectivity index (χ1v) is 9.83. The van der Waals surface area contributed by atoms with Crippen LogP contribution in [0.15, 0.2) is 53.1 Å². The van der Waals surface area contributed by atoms with Crippen molar-refractivity contribution in [3.63, 3.8) is 0 Å². The highest BCUT2D eigenvalue weighted by molar-refractivity contribution is 5.88. The molecule has 0 bridgehead atoms. The minimum Gasteiger partial charge on any atom is -0.497 e. The van der Waals surface area contributed by atoms with Gasteiger partial charge in [0.05, 0.1) is 19.8 Å². The van der Waals surface area contributed by atoms with Gasteiger partial charge in [-0.1, -0.05) is 13.0 Å². The SMILES string of the molecule is CCc1ccc2occ(CC(=O)N3CCN(c4ccc(OC)cc4)CC3)c2c1. The molecule has 0 atom stereocenters. The van der Waals surface area contributed by atoms with Crippen LogP contribution in [0.3, 0.4) is 0 Å². The van der Waals surface area contributed by atoms with Crippen molar-refractivity contribution in [2.24, 2.45) is 0 Å². The molecule has 1 amide bonds. The summed E-state index contributed by atoms with van der Waals surface area (Å²) in [6.45, 7) is 5.28. The number of carbonyl (C=O) groups excluding carboxylic acids is 1. The number of methoxy groups -OCH3 is 1. The fraction of sp³-hybridized carbons (Fsp3) is 0.348. The van der Waals surface area contributed by atoms with Gasteiger partial charge >= 0.3 is 0 Å². The van der Waals surface area contributed by atoms with Gasteiger partial charge in [0.1, 0.15) is 11.3 Å². The molecule has 0 aliphatic carbocycles. The average molecular weight is 378 g/mol. The molecule has 2 heterocycles. The third-order valence-electron chi connectivity index (χ3n) is 5.54. The van der Waals surface area contributed by atoms with Crippen molar-refractivity contribution < 1.29 is 13.9 Å². The molecular formula is C23H26N2O3. The molecule has 0 saturated carbocycles. The molecule has 1 aliphatic rings. The number of rotatable bonds is 5. The van der Waals surface area contributed by atoms with Gasteiger partial charge in [0.2, 0.25) is 5.91 Å². The van der Waals surface area contributed by atoms with Gasteiger partial charge in [-0.25, -0.2) is 0 Å².